The number of hydrogen-bond donors (Lipinski definition) is 1. The van der Waals surface area contributed by atoms with E-state index in [4.69, 9.17) is 25.7 Å². The van der Waals surface area contributed by atoms with E-state index in [0.29, 0.717) is 50.0 Å². The van der Waals surface area contributed by atoms with Gasteiger partial charge in [0, 0.05) is 15.6 Å². The van der Waals surface area contributed by atoms with Crippen LogP contribution in [0.4, 0.5) is 16.4 Å². The number of fused-ring (bicyclic) bond motifs is 1. The minimum atomic E-state index is -0.471. The molecule has 0 fully saturated rings. The van der Waals surface area contributed by atoms with Gasteiger partial charge in [-0.25, -0.2) is 4.99 Å². The van der Waals surface area contributed by atoms with Gasteiger partial charge in [0.25, 0.3) is 11.6 Å². The smallest absolute Gasteiger partial charge is 0.284 e. The molecule has 1 aliphatic rings. The molecule has 1 aliphatic carbocycles. The molecule has 2 aromatic carbocycles. The van der Waals surface area contributed by atoms with Crippen LogP contribution in [-0.2, 0) is 12.8 Å². The number of anilines is 1. The van der Waals surface area contributed by atoms with E-state index in [1.165, 1.54) is 29.4 Å². The molecule has 2 aromatic heterocycles. The molecule has 0 radical (unpaired) electrons. The number of furan rings is 1. The Bertz CT molecular complexity index is 1630. The average Bonchev–Trinajstić information content (AvgIpc) is 3.56. The summed E-state index contributed by atoms with van der Waals surface area (Å²) in [5.41, 5.74) is 2.63. The molecule has 0 saturated carbocycles. The van der Waals surface area contributed by atoms with Crippen LogP contribution in [0.5, 0.6) is 5.75 Å². The molecule has 1 N–H and O–H groups in total. The number of carbonyl (C=O) groups excluding carboxylic acids is 1. The van der Waals surface area contributed by atoms with E-state index in [-0.39, 0.29) is 17.0 Å². The van der Waals surface area contributed by atoms with Gasteiger partial charge in [0.15, 0.2) is 0 Å². The quantitative estimate of drug-likeness (QED) is 0.131. The highest BCUT2D eigenvalue weighted by molar-refractivity contribution is 7.16. The number of benzene rings is 2. The molecular formula is C31H30ClN3O5S. The third-order valence-corrected chi connectivity index (χ3v) is 8.82. The fraction of sp³-hybridized carbons (Fsp3) is 0.290. The van der Waals surface area contributed by atoms with Crippen molar-refractivity contribution < 1.29 is 18.9 Å². The number of halogens is 1. The summed E-state index contributed by atoms with van der Waals surface area (Å²) in [5.74, 6) is 1.41. The molecule has 0 aliphatic heterocycles. The lowest BCUT2D eigenvalue weighted by Crippen LogP contribution is -2.27. The van der Waals surface area contributed by atoms with Crippen molar-refractivity contribution in [2.75, 3.05) is 12.4 Å². The molecular weight excluding hydrogens is 562 g/mol. The molecule has 4 aromatic rings. The fourth-order valence-corrected chi connectivity index (χ4v) is 6.44. The lowest BCUT2D eigenvalue weighted by Gasteiger charge is -2.33. The Kier molecular flexibility index (Phi) is 8.02. The SMILES string of the molecule is COc1ccc(-c2ccc(C=Nc3sc4c(c3C(=O)Nc3ccc(Cl)cc3)CC[C@@H](C(C)(C)C)C4)o2)c([N+](=O)[O-])c1. The second-order valence-electron chi connectivity index (χ2n) is 11.1. The minimum Gasteiger partial charge on any atom is -0.497 e. The summed E-state index contributed by atoms with van der Waals surface area (Å²) in [6.07, 6.45) is 4.25. The highest BCUT2D eigenvalue weighted by Gasteiger charge is 2.33. The Morgan fingerprint density at radius 1 is 1.20 bits per heavy atom. The van der Waals surface area contributed by atoms with Gasteiger partial charge in [0.2, 0.25) is 0 Å². The number of thiophene rings is 1. The number of nitrogens with one attached hydrogen (secondary N) is 1. The van der Waals surface area contributed by atoms with Crippen molar-refractivity contribution in [3.05, 3.63) is 91.5 Å². The molecule has 5 rings (SSSR count). The standard InChI is InChI=1S/C31H30ClN3O5S/c1-31(2,3)18-5-12-24-27(15-18)41-30(28(24)29(36)34-20-8-6-19(32)7-9-20)33-17-22-11-14-26(40-22)23-13-10-21(39-4)16-25(23)35(37)38/h6-11,13-14,16-18H,5,12,15H2,1-4H3,(H,34,36)/t18-/m1/s1. The Morgan fingerprint density at radius 2 is 1.95 bits per heavy atom. The van der Waals surface area contributed by atoms with Gasteiger partial charge >= 0.3 is 0 Å². The number of nitrogens with zero attached hydrogens (tertiary/aromatic N) is 2. The molecule has 0 saturated heterocycles. The van der Waals surface area contributed by atoms with Crippen LogP contribution in [-0.4, -0.2) is 24.2 Å². The topological polar surface area (TPSA) is 107 Å². The second kappa shape index (κ2) is 11.5. The van der Waals surface area contributed by atoms with Crippen molar-refractivity contribution in [3.8, 4) is 17.1 Å². The van der Waals surface area contributed by atoms with Crippen LogP contribution in [0, 0.1) is 21.4 Å². The van der Waals surface area contributed by atoms with E-state index < -0.39 is 4.92 Å². The van der Waals surface area contributed by atoms with Crippen molar-refractivity contribution in [2.45, 2.75) is 40.0 Å². The predicted molar refractivity (Wildman–Crippen MR) is 163 cm³/mol. The third-order valence-electron chi connectivity index (χ3n) is 7.40. The number of rotatable bonds is 7. The van der Waals surface area contributed by atoms with E-state index in [9.17, 15) is 14.9 Å². The van der Waals surface area contributed by atoms with Crippen LogP contribution in [0.1, 0.15) is 53.8 Å². The number of carbonyl (C=O) groups is 1. The number of methoxy groups -OCH3 is 1. The summed E-state index contributed by atoms with van der Waals surface area (Å²) in [5, 5.41) is 15.8. The van der Waals surface area contributed by atoms with Crippen LogP contribution in [0.25, 0.3) is 11.3 Å². The van der Waals surface area contributed by atoms with E-state index in [2.05, 4.69) is 26.1 Å². The maximum atomic E-state index is 13.6. The van der Waals surface area contributed by atoms with Crippen LogP contribution in [0.2, 0.25) is 5.02 Å². The average molecular weight is 592 g/mol. The molecule has 41 heavy (non-hydrogen) atoms. The first kappa shape index (κ1) is 28.6. The minimum absolute atomic E-state index is 0.123. The molecule has 0 bridgehead atoms. The van der Waals surface area contributed by atoms with E-state index >= 15 is 0 Å². The first-order valence-electron chi connectivity index (χ1n) is 13.2. The van der Waals surface area contributed by atoms with Gasteiger partial charge in [0.05, 0.1) is 35.4 Å². The molecule has 1 amide bonds. The van der Waals surface area contributed by atoms with Crippen molar-refractivity contribution in [3.63, 3.8) is 0 Å². The monoisotopic (exact) mass is 591 g/mol. The van der Waals surface area contributed by atoms with Crippen LogP contribution in [0.3, 0.4) is 0 Å². The van der Waals surface area contributed by atoms with Gasteiger partial charge in [-0.05, 0) is 84.7 Å². The maximum absolute atomic E-state index is 13.6. The summed E-state index contributed by atoms with van der Waals surface area (Å²) in [6.45, 7) is 6.77. The molecule has 0 unspecified atom stereocenters. The number of hydrogen-bond acceptors (Lipinski definition) is 7. The summed E-state index contributed by atoms with van der Waals surface area (Å²) in [4.78, 5) is 30.6. The molecule has 10 heteroatoms. The normalized spacial score (nSPS) is 15.1. The van der Waals surface area contributed by atoms with Crippen LogP contribution in [0.15, 0.2) is 64.0 Å². The van der Waals surface area contributed by atoms with Crippen LogP contribution < -0.4 is 10.1 Å². The predicted octanol–water partition coefficient (Wildman–Crippen LogP) is 8.73. The third kappa shape index (κ3) is 6.21. The number of amides is 1. The summed E-state index contributed by atoms with van der Waals surface area (Å²) < 4.78 is 11.1. The number of ether oxygens (including phenoxy) is 1. The molecule has 1 atom stereocenters. The molecule has 8 nitrogen and oxygen atoms in total. The van der Waals surface area contributed by atoms with Crippen molar-refractivity contribution >= 4 is 51.4 Å². The number of aliphatic imine (C=N–C) groups is 1. The van der Waals surface area contributed by atoms with Gasteiger partial charge in [-0.2, -0.15) is 0 Å². The van der Waals surface area contributed by atoms with Crippen molar-refractivity contribution in [1.82, 2.24) is 0 Å². The first-order valence-corrected chi connectivity index (χ1v) is 14.4. The van der Waals surface area contributed by atoms with Gasteiger partial charge in [-0.15, -0.1) is 11.3 Å². The number of nitro groups is 1. The van der Waals surface area contributed by atoms with Gasteiger partial charge in [-0.1, -0.05) is 32.4 Å². The summed E-state index contributed by atoms with van der Waals surface area (Å²) in [7, 11) is 1.45. The van der Waals surface area contributed by atoms with Crippen molar-refractivity contribution in [1.29, 1.82) is 0 Å². The van der Waals surface area contributed by atoms with Gasteiger partial charge in [0.1, 0.15) is 22.3 Å². The largest absolute Gasteiger partial charge is 0.497 e. The Morgan fingerprint density at radius 3 is 2.63 bits per heavy atom. The lowest BCUT2D eigenvalue weighted by molar-refractivity contribution is -0.384. The van der Waals surface area contributed by atoms with E-state index in [0.717, 1.165) is 24.8 Å². The summed E-state index contributed by atoms with van der Waals surface area (Å²) in [6, 6.07) is 14.9. The van der Waals surface area contributed by atoms with E-state index in [1.54, 1.807) is 54.7 Å². The Labute approximate surface area is 247 Å². The Hall–Kier alpha value is -3.95. The highest BCUT2D eigenvalue weighted by atomic mass is 35.5. The molecule has 2 heterocycles. The molecule has 0 spiro atoms. The second-order valence-corrected chi connectivity index (χ2v) is 12.6. The lowest BCUT2D eigenvalue weighted by atomic mass is 9.72. The van der Waals surface area contributed by atoms with Crippen LogP contribution >= 0.6 is 22.9 Å². The molecule has 212 valence electrons. The number of nitro benzene ring substituents is 1. The summed E-state index contributed by atoms with van der Waals surface area (Å²) >= 11 is 7.55. The zero-order chi connectivity index (χ0) is 29.3. The van der Waals surface area contributed by atoms with Gasteiger partial charge in [-0.3, -0.25) is 14.9 Å². The zero-order valence-corrected chi connectivity index (χ0v) is 24.8. The Balaban J connectivity index is 1.47. The van der Waals surface area contributed by atoms with Crippen molar-refractivity contribution in [2.24, 2.45) is 16.3 Å². The first-order chi connectivity index (χ1) is 19.5. The fourth-order valence-electron chi connectivity index (χ4n) is 5.05. The zero-order valence-electron chi connectivity index (χ0n) is 23.2. The maximum Gasteiger partial charge on any atom is 0.284 e. The van der Waals surface area contributed by atoms with E-state index in [1.807, 2.05) is 0 Å². The van der Waals surface area contributed by atoms with Gasteiger partial charge < -0.3 is 14.5 Å². The highest BCUT2D eigenvalue weighted by Crippen LogP contribution is 2.45.